The average molecular weight is 309 g/mol. The molecule has 1 unspecified atom stereocenters. The van der Waals surface area contributed by atoms with Crippen LogP contribution in [0.15, 0.2) is 24.3 Å². The quantitative estimate of drug-likeness (QED) is 0.865. The second kappa shape index (κ2) is 6.37. The van der Waals surface area contributed by atoms with E-state index in [4.69, 9.17) is 0 Å². The zero-order valence-electron chi connectivity index (χ0n) is 12.9. The Morgan fingerprint density at radius 3 is 2.48 bits per heavy atom. The fourth-order valence-electron chi connectivity index (χ4n) is 3.18. The maximum atomic E-state index is 12.6. The molecule has 1 atom stereocenters. The number of amides is 1. The highest BCUT2D eigenvalue weighted by atomic mass is 35.5. The predicted octanol–water partition coefficient (Wildman–Crippen LogP) is 2.77. The molecule has 3 nitrogen and oxygen atoms in total. The summed E-state index contributed by atoms with van der Waals surface area (Å²) in [7, 11) is 0. The van der Waals surface area contributed by atoms with Crippen molar-refractivity contribution in [3.63, 3.8) is 0 Å². The van der Waals surface area contributed by atoms with Gasteiger partial charge in [0, 0.05) is 19.6 Å². The third-order valence-electron chi connectivity index (χ3n) is 4.81. The summed E-state index contributed by atoms with van der Waals surface area (Å²) in [6, 6.07) is 8.39. The van der Waals surface area contributed by atoms with Crippen LogP contribution in [0.25, 0.3) is 0 Å². The van der Waals surface area contributed by atoms with Crippen LogP contribution < -0.4 is 5.32 Å². The Hall–Kier alpha value is -1.06. The minimum absolute atomic E-state index is 0. The number of benzene rings is 1. The second-order valence-corrected chi connectivity index (χ2v) is 6.90. The number of likely N-dealkylation sites (tertiary alicyclic amines) is 1. The van der Waals surface area contributed by atoms with Crippen LogP contribution in [0.1, 0.15) is 37.8 Å². The maximum Gasteiger partial charge on any atom is 0.240 e. The Kier molecular flexibility index (Phi) is 4.95. The minimum atomic E-state index is -0.0360. The van der Waals surface area contributed by atoms with Gasteiger partial charge in [-0.25, -0.2) is 0 Å². The lowest BCUT2D eigenvalue weighted by Crippen LogP contribution is -2.52. The predicted molar refractivity (Wildman–Crippen MR) is 87.6 cm³/mol. The number of rotatable bonds is 1. The molecule has 3 rings (SSSR count). The summed E-state index contributed by atoms with van der Waals surface area (Å²) < 4.78 is 0. The highest BCUT2D eigenvalue weighted by Gasteiger charge is 2.32. The number of fused-ring (bicyclic) bond motifs is 1. The van der Waals surface area contributed by atoms with Crippen LogP contribution in [0.3, 0.4) is 0 Å². The van der Waals surface area contributed by atoms with Crippen molar-refractivity contribution >= 4 is 18.3 Å². The van der Waals surface area contributed by atoms with E-state index in [1.54, 1.807) is 0 Å². The molecule has 4 heteroatoms. The second-order valence-electron chi connectivity index (χ2n) is 6.90. The number of hydrogen-bond acceptors (Lipinski definition) is 2. The molecule has 2 aliphatic heterocycles. The van der Waals surface area contributed by atoms with Gasteiger partial charge in [0.2, 0.25) is 5.91 Å². The zero-order valence-corrected chi connectivity index (χ0v) is 13.7. The molecule has 0 saturated carbocycles. The lowest BCUT2D eigenvalue weighted by Gasteiger charge is -2.39. The van der Waals surface area contributed by atoms with Crippen molar-refractivity contribution in [2.45, 2.75) is 45.7 Å². The van der Waals surface area contributed by atoms with Crippen LogP contribution >= 0.6 is 12.4 Å². The molecule has 0 aliphatic carbocycles. The van der Waals surface area contributed by atoms with E-state index >= 15 is 0 Å². The van der Waals surface area contributed by atoms with Gasteiger partial charge in [-0.2, -0.15) is 0 Å². The lowest BCUT2D eigenvalue weighted by atomic mass is 9.82. The summed E-state index contributed by atoms with van der Waals surface area (Å²) >= 11 is 0. The number of carbonyl (C=O) groups excluding carboxylic acids is 1. The van der Waals surface area contributed by atoms with Crippen molar-refractivity contribution in [2.24, 2.45) is 5.41 Å². The van der Waals surface area contributed by atoms with E-state index in [9.17, 15) is 4.79 Å². The molecule has 116 valence electrons. The van der Waals surface area contributed by atoms with Crippen molar-refractivity contribution < 1.29 is 4.79 Å². The van der Waals surface area contributed by atoms with Gasteiger partial charge in [-0.1, -0.05) is 38.1 Å². The normalized spacial score (nSPS) is 23.9. The topological polar surface area (TPSA) is 32.3 Å². The summed E-state index contributed by atoms with van der Waals surface area (Å²) in [5.41, 5.74) is 3.04. The molecule has 1 N–H and O–H groups in total. The van der Waals surface area contributed by atoms with E-state index < -0.39 is 0 Å². The van der Waals surface area contributed by atoms with Crippen molar-refractivity contribution in [3.8, 4) is 0 Å². The molecule has 1 fully saturated rings. The Balaban J connectivity index is 0.00000161. The van der Waals surface area contributed by atoms with Gasteiger partial charge in [-0.3, -0.25) is 4.79 Å². The van der Waals surface area contributed by atoms with Crippen molar-refractivity contribution in [1.82, 2.24) is 10.2 Å². The summed E-state index contributed by atoms with van der Waals surface area (Å²) in [4.78, 5) is 14.7. The van der Waals surface area contributed by atoms with Gasteiger partial charge in [0.25, 0.3) is 0 Å². The molecule has 0 radical (unpaired) electrons. The number of halogens is 1. The van der Waals surface area contributed by atoms with Gasteiger partial charge in [0.1, 0.15) is 0 Å². The van der Waals surface area contributed by atoms with Crippen molar-refractivity contribution in [1.29, 1.82) is 0 Å². The number of nitrogens with zero attached hydrogens (tertiary/aromatic N) is 1. The summed E-state index contributed by atoms with van der Waals surface area (Å²) in [5, 5.41) is 3.40. The summed E-state index contributed by atoms with van der Waals surface area (Å²) in [6.45, 7) is 7.22. The molecule has 0 aromatic heterocycles. The van der Waals surface area contributed by atoms with E-state index in [0.29, 0.717) is 5.41 Å². The summed E-state index contributed by atoms with van der Waals surface area (Å²) in [5.74, 6) is 0.287. The largest absolute Gasteiger partial charge is 0.341 e. The monoisotopic (exact) mass is 308 g/mol. The molecular weight excluding hydrogens is 284 g/mol. The molecule has 2 heterocycles. The number of nitrogens with one attached hydrogen (secondary N) is 1. The fraction of sp³-hybridized carbons (Fsp3) is 0.588. The standard InChI is InChI=1S/C17H24N2O.ClH/c1-17(2)7-9-19(10-8-17)16(20)15-11-13-5-3-4-6-14(13)12-18-15;/h3-6,15,18H,7-12H2,1-2H3;1H. The van der Waals surface area contributed by atoms with Crippen LogP contribution in [0.5, 0.6) is 0 Å². The third kappa shape index (κ3) is 3.58. The van der Waals surface area contributed by atoms with E-state index in [2.05, 4.69) is 48.3 Å². The first-order valence-electron chi connectivity index (χ1n) is 7.64. The van der Waals surface area contributed by atoms with Gasteiger partial charge in [-0.15, -0.1) is 12.4 Å². The Bertz CT molecular complexity index is 505. The zero-order chi connectivity index (χ0) is 14.2. The van der Waals surface area contributed by atoms with Gasteiger partial charge in [-0.05, 0) is 35.8 Å². The highest BCUT2D eigenvalue weighted by molar-refractivity contribution is 5.85. The highest BCUT2D eigenvalue weighted by Crippen LogP contribution is 2.30. The fourth-order valence-corrected chi connectivity index (χ4v) is 3.18. The smallest absolute Gasteiger partial charge is 0.240 e. The first-order chi connectivity index (χ1) is 9.55. The van der Waals surface area contributed by atoms with Crippen molar-refractivity contribution in [3.05, 3.63) is 35.4 Å². The average Bonchev–Trinajstić information content (AvgIpc) is 2.46. The molecule has 1 saturated heterocycles. The van der Waals surface area contributed by atoms with Crippen LogP contribution in [0.2, 0.25) is 0 Å². The van der Waals surface area contributed by atoms with Gasteiger partial charge in [0.05, 0.1) is 6.04 Å². The first kappa shape index (κ1) is 16.3. The van der Waals surface area contributed by atoms with E-state index in [1.807, 2.05) is 0 Å². The molecular formula is C17H25ClN2O. The van der Waals surface area contributed by atoms with Crippen LogP contribution in [-0.2, 0) is 17.8 Å². The van der Waals surface area contributed by atoms with Gasteiger partial charge in [0.15, 0.2) is 0 Å². The SMILES string of the molecule is CC1(C)CCN(C(=O)C2Cc3ccccc3CN2)CC1.Cl. The summed E-state index contributed by atoms with van der Waals surface area (Å²) in [6.07, 6.45) is 3.05. The number of piperidine rings is 1. The van der Waals surface area contributed by atoms with Crippen LogP contribution in [0, 0.1) is 5.41 Å². The van der Waals surface area contributed by atoms with Crippen LogP contribution in [0.4, 0.5) is 0 Å². The molecule has 0 spiro atoms. The van der Waals surface area contributed by atoms with Gasteiger partial charge >= 0.3 is 0 Å². The van der Waals surface area contributed by atoms with E-state index in [-0.39, 0.29) is 24.4 Å². The van der Waals surface area contributed by atoms with E-state index in [1.165, 1.54) is 11.1 Å². The molecule has 2 aliphatic rings. The van der Waals surface area contributed by atoms with Crippen LogP contribution in [-0.4, -0.2) is 29.9 Å². The minimum Gasteiger partial charge on any atom is -0.341 e. The molecule has 1 aromatic rings. The van der Waals surface area contributed by atoms with E-state index in [0.717, 1.165) is 38.9 Å². The number of hydrogen-bond donors (Lipinski definition) is 1. The maximum absolute atomic E-state index is 12.6. The molecule has 1 aromatic carbocycles. The Morgan fingerprint density at radius 2 is 1.81 bits per heavy atom. The molecule has 1 amide bonds. The third-order valence-corrected chi connectivity index (χ3v) is 4.81. The lowest BCUT2D eigenvalue weighted by molar-refractivity contribution is -0.135. The van der Waals surface area contributed by atoms with Gasteiger partial charge < -0.3 is 10.2 Å². The Morgan fingerprint density at radius 1 is 1.19 bits per heavy atom. The Labute approximate surface area is 133 Å². The molecule has 21 heavy (non-hydrogen) atoms. The first-order valence-corrected chi connectivity index (χ1v) is 7.64. The molecule has 0 bridgehead atoms. The number of carbonyl (C=O) groups is 1. The van der Waals surface area contributed by atoms with Crippen molar-refractivity contribution in [2.75, 3.05) is 13.1 Å².